The van der Waals surface area contributed by atoms with E-state index in [9.17, 15) is 9.59 Å². The highest BCUT2D eigenvalue weighted by Crippen LogP contribution is 2.24. The van der Waals surface area contributed by atoms with Crippen molar-refractivity contribution in [1.29, 1.82) is 0 Å². The average molecular weight is 330 g/mol. The van der Waals surface area contributed by atoms with Crippen molar-refractivity contribution in [2.24, 2.45) is 0 Å². The van der Waals surface area contributed by atoms with Gasteiger partial charge in [0, 0.05) is 24.5 Å². The largest absolute Gasteiger partial charge is 0.464 e. The van der Waals surface area contributed by atoms with E-state index in [4.69, 9.17) is 9.15 Å². The topological polar surface area (TPSA) is 71.8 Å². The van der Waals surface area contributed by atoms with Crippen molar-refractivity contribution in [2.45, 2.75) is 25.9 Å². The van der Waals surface area contributed by atoms with Gasteiger partial charge in [0.1, 0.15) is 5.58 Å². The first kappa shape index (κ1) is 16.5. The highest BCUT2D eigenvalue weighted by atomic mass is 16.5. The van der Waals surface area contributed by atoms with E-state index >= 15 is 0 Å². The average Bonchev–Trinajstić information content (AvgIpc) is 2.96. The van der Waals surface area contributed by atoms with Crippen molar-refractivity contribution in [3.63, 3.8) is 0 Å². The molecule has 1 unspecified atom stereocenters. The van der Waals surface area contributed by atoms with Crippen molar-refractivity contribution in [3.05, 3.63) is 35.6 Å². The van der Waals surface area contributed by atoms with Crippen molar-refractivity contribution < 1.29 is 18.7 Å². The summed E-state index contributed by atoms with van der Waals surface area (Å²) in [5.41, 5.74) is 1.76. The summed E-state index contributed by atoms with van der Waals surface area (Å²) in [6.45, 7) is 4.79. The molecule has 1 aliphatic heterocycles. The molecule has 0 spiro atoms. The zero-order valence-corrected chi connectivity index (χ0v) is 14.2. The zero-order chi connectivity index (χ0) is 17.3. The molecule has 6 heteroatoms. The molecule has 0 saturated carbocycles. The maximum atomic E-state index is 12.7. The van der Waals surface area contributed by atoms with E-state index in [-0.39, 0.29) is 24.8 Å². The lowest BCUT2D eigenvalue weighted by Gasteiger charge is -2.39. The zero-order valence-electron chi connectivity index (χ0n) is 14.2. The smallest absolute Gasteiger partial charge is 0.253 e. The maximum Gasteiger partial charge on any atom is 0.253 e. The molecule has 3 rings (SSSR count). The standard InChI is InChI=1S/C18H22N2O4/c1-12-4-5-14-13(10-23-15(14)8-12)9-16(21)20-6-7-24-18(2,11-20)17(22)19-3/h4-5,8,10H,6-7,9,11H2,1-3H3,(H,19,22). The molecule has 1 saturated heterocycles. The highest BCUT2D eigenvalue weighted by molar-refractivity contribution is 5.89. The van der Waals surface area contributed by atoms with Crippen molar-refractivity contribution in [3.8, 4) is 0 Å². The third-order valence-electron chi connectivity index (χ3n) is 4.49. The summed E-state index contributed by atoms with van der Waals surface area (Å²) in [4.78, 5) is 26.3. The van der Waals surface area contributed by atoms with Gasteiger partial charge in [0.05, 0.1) is 25.8 Å². The van der Waals surface area contributed by atoms with E-state index in [1.54, 1.807) is 25.1 Å². The van der Waals surface area contributed by atoms with Gasteiger partial charge in [0.2, 0.25) is 5.91 Å². The summed E-state index contributed by atoms with van der Waals surface area (Å²) in [6.07, 6.45) is 1.89. The number of carbonyl (C=O) groups is 2. The first-order valence-corrected chi connectivity index (χ1v) is 8.03. The Morgan fingerprint density at radius 2 is 2.17 bits per heavy atom. The molecule has 1 N–H and O–H groups in total. The predicted molar refractivity (Wildman–Crippen MR) is 89.7 cm³/mol. The summed E-state index contributed by atoms with van der Waals surface area (Å²) < 4.78 is 11.1. The second-order valence-corrected chi connectivity index (χ2v) is 6.41. The number of rotatable bonds is 3. The molecule has 2 aromatic rings. The van der Waals surface area contributed by atoms with Gasteiger partial charge in [0.25, 0.3) is 5.91 Å². The van der Waals surface area contributed by atoms with Gasteiger partial charge in [-0.05, 0) is 25.5 Å². The number of nitrogens with one attached hydrogen (secondary N) is 1. The number of amides is 2. The molecule has 1 aromatic heterocycles. The molecule has 0 aliphatic carbocycles. The molecule has 2 heterocycles. The van der Waals surface area contributed by atoms with Crippen LogP contribution in [0.25, 0.3) is 11.0 Å². The van der Waals surface area contributed by atoms with Crippen LogP contribution >= 0.6 is 0 Å². The van der Waals surface area contributed by atoms with Gasteiger partial charge < -0.3 is 19.4 Å². The van der Waals surface area contributed by atoms with Crippen LogP contribution in [0.1, 0.15) is 18.1 Å². The number of fused-ring (bicyclic) bond motifs is 1. The number of aryl methyl sites for hydroxylation is 1. The van der Waals surface area contributed by atoms with E-state index < -0.39 is 5.60 Å². The molecular weight excluding hydrogens is 308 g/mol. The number of hydrogen-bond donors (Lipinski definition) is 1. The Balaban J connectivity index is 1.75. The predicted octanol–water partition coefficient (Wildman–Crippen LogP) is 1.65. The molecule has 1 atom stereocenters. The van der Waals surface area contributed by atoms with Crippen LogP contribution in [-0.4, -0.2) is 49.1 Å². The van der Waals surface area contributed by atoms with E-state index in [0.717, 1.165) is 22.1 Å². The number of benzene rings is 1. The fourth-order valence-electron chi connectivity index (χ4n) is 3.09. The lowest BCUT2D eigenvalue weighted by Crippen LogP contribution is -2.59. The number of morpholine rings is 1. The van der Waals surface area contributed by atoms with Crippen LogP contribution in [0.5, 0.6) is 0 Å². The minimum absolute atomic E-state index is 0.0308. The molecule has 128 valence electrons. The minimum atomic E-state index is -1.00. The Labute approximate surface area is 140 Å². The van der Waals surface area contributed by atoms with Crippen molar-refractivity contribution in [1.82, 2.24) is 10.2 Å². The molecule has 0 radical (unpaired) electrons. The summed E-state index contributed by atoms with van der Waals surface area (Å²) in [6, 6.07) is 5.94. The van der Waals surface area contributed by atoms with Crippen molar-refractivity contribution in [2.75, 3.05) is 26.7 Å². The van der Waals surface area contributed by atoms with E-state index in [1.807, 2.05) is 25.1 Å². The van der Waals surface area contributed by atoms with Gasteiger partial charge in [-0.3, -0.25) is 9.59 Å². The molecule has 1 aromatic carbocycles. The number of ether oxygens (including phenoxy) is 1. The van der Waals surface area contributed by atoms with E-state index in [1.165, 1.54) is 0 Å². The Hall–Kier alpha value is -2.34. The monoisotopic (exact) mass is 330 g/mol. The number of nitrogens with zero attached hydrogens (tertiary/aromatic N) is 1. The van der Waals surface area contributed by atoms with Crippen LogP contribution < -0.4 is 5.32 Å². The molecule has 6 nitrogen and oxygen atoms in total. The summed E-state index contributed by atoms with van der Waals surface area (Å²) in [5, 5.41) is 3.55. The van der Waals surface area contributed by atoms with Crippen LogP contribution in [0, 0.1) is 6.92 Å². The number of likely N-dealkylation sites (N-methyl/N-ethyl adjacent to an activating group) is 1. The normalized spacial score (nSPS) is 21.0. The fourth-order valence-corrected chi connectivity index (χ4v) is 3.09. The molecule has 2 amide bonds. The van der Waals surface area contributed by atoms with Crippen molar-refractivity contribution >= 4 is 22.8 Å². The Morgan fingerprint density at radius 1 is 1.38 bits per heavy atom. The molecule has 24 heavy (non-hydrogen) atoms. The molecule has 1 fully saturated rings. The third kappa shape index (κ3) is 3.01. The molecule has 0 bridgehead atoms. The summed E-state index contributed by atoms with van der Waals surface area (Å²) in [7, 11) is 1.57. The van der Waals surface area contributed by atoms with Crippen LogP contribution in [-0.2, 0) is 20.7 Å². The van der Waals surface area contributed by atoms with Gasteiger partial charge in [-0.1, -0.05) is 12.1 Å². The Bertz CT molecular complexity index is 782. The third-order valence-corrected chi connectivity index (χ3v) is 4.49. The molecular formula is C18H22N2O4. The number of furan rings is 1. The SMILES string of the molecule is CNC(=O)C1(C)CN(C(=O)Cc2coc3cc(C)ccc23)CCO1. The number of carbonyl (C=O) groups excluding carboxylic acids is 2. The van der Waals surface area contributed by atoms with Crippen LogP contribution in [0.3, 0.4) is 0 Å². The van der Waals surface area contributed by atoms with Crippen LogP contribution in [0.4, 0.5) is 0 Å². The maximum absolute atomic E-state index is 12.7. The first-order valence-electron chi connectivity index (χ1n) is 8.03. The molecule has 1 aliphatic rings. The van der Waals surface area contributed by atoms with E-state index in [2.05, 4.69) is 5.32 Å². The lowest BCUT2D eigenvalue weighted by atomic mass is 10.0. The lowest BCUT2D eigenvalue weighted by molar-refractivity contribution is -0.162. The minimum Gasteiger partial charge on any atom is -0.464 e. The summed E-state index contributed by atoms with van der Waals surface area (Å²) >= 11 is 0. The number of hydrogen-bond acceptors (Lipinski definition) is 4. The van der Waals surface area contributed by atoms with Crippen LogP contribution in [0.2, 0.25) is 0 Å². The van der Waals surface area contributed by atoms with Gasteiger partial charge in [-0.2, -0.15) is 0 Å². The first-order chi connectivity index (χ1) is 11.4. The highest BCUT2D eigenvalue weighted by Gasteiger charge is 2.40. The van der Waals surface area contributed by atoms with Crippen LogP contribution in [0.15, 0.2) is 28.9 Å². The second kappa shape index (κ2) is 6.28. The Kier molecular flexibility index (Phi) is 4.32. The van der Waals surface area contributed by atoms with Gasteiger partial charge in [-0.25, -0.2) is 0 Å². The van der Waals surface area contributed by atoms with Gasteiger partial charge in [0.15, 0.2) is 5.60 Å². The van der Waals surface area contributed by atoms with E-state index in [0.29, 0.717) is 13.2 Å². The summed E-state index contributed by atoms with van der Waals surface area (Å²) in [5.74, 6) is -0.249. The second-order valence-electron chi connectivity index (χ2n) is 6.41. The van der Waals surface area contributed by atoms with Gasteiger partial charge in [-0.15, -0.1) is 0 Å². The van der Waals surface area contributed by atoms with Gasteiger partial charge >= 0.3 is 0 Å². The Morgan fingerprint density at radius 3 is 2.92 bits per heavy atom. The fraction of sp³-hybridized carbons (Fsp3) is 0.444. The quantitative estimate of drug-likeness (QED) is 0.929.